The second kappa shape index (κ2) is 10.1. The van der Waals surface area contributed by atoms with E-state index in [1.54, 1.807) is 11.8 Å². The first-order valence-corrected chi connectivity index (χ1v) is 13.4. The van der Waals surface area contributed by atoms with Gasteiger partial charge in [-0.3, -0.25) is 4.79 Å². The molecule has 7 heteroatoms. The standard InChI is InChI=1S/C29H27N5OS/c35-26(33-17-16-22-11-4-5-12-23(22)20-33)15-8-18-36-29-30-28-27(31-32-29)24-13-6-7-14-25(24)34(28)19-21-9-2-1-3-10-21/h1-7,9-14H,8,15-20H2. The molecular weight excluding hydrogens is 466 g/mol. The van der Waals surface area contributed by atoms with Crippen LogP contribution in [0.15, 0.2) is 84.0 Å². The molecule has 0 fully saturated rings. The number of carbonyl (C=O) groups excluding carboxylic acids is 1. The fourth-order valence-electron chi connectivity index (χ4n) is 4.93. The molecule has 0 spiro atoms. The Bertz CT molecular complexity index is 1530. The van der Waals surface area contributed by atoms with Crippen LogP contribution in [0.2, 0.25) is 0 Å². The molecular formula is C29H27N5OS. The van der Waals surface area contributed by atoms with Crippen molar-refractivity contribution in [3.8, 4) is 0 Å². The largest absolute Gasteiger partial charge is 0.338 e. The summed E-state index contributed by atoms with van der Waals surface area (Å²) < 4.78 is 2.22. The Labute approximate surface area is 214 Å². The zero-order valence-electron chi connectivity index (χ0n) is 20.0. The highest BCUT2D eigenvalue weighted by atomic mass is 32.2. The number of benzene rings is 3. The minimum absolute atomic E-state index is 0.225. The molecule has 6 nitrogen and oxygen atoms in total. The van der Waals surface area contributed by atoms with E-state index in [0.717, 1.165) is 60.3 Å². The number of amides is 1. The monoisotopic (exact) mass is 493 g/mol. The molecule has 3 aromatic carbocycles. The minimum atomic E-state index is 0.225. The first-order valence-electron chi connectivity index (χ1n) is 12.4. The number of carbonyl (C=O) groups is 1. The number of hydrogen-bond acceptors (Lipinski definition) is 5. The average molecular weight is 494 g/mol. The number of fused-ring (bicyclic) bond motifs is 4. The van der Waals surface area contributed by atoms with Gasteiger partial charge in [0.1, 0.15) is 5.52 Å². The van der Waals surface area contributed by atoms with Gasteiger partial charge in [-0.2, -0.15) is 0 Å². The van der Waals surface area contributed by atoms with Crippen LogP contribution in [0.1, 0.15) is 29.5 Å². The van der Waals surface area contributed by atoms with Gasteiger partial charge in [0, 0.05) is 37.2 Å². The van der Waals surface area contributed by atoms with E-state index in [9.17, 15) is 4.79 Å². The maximum atomic E-state index is 12.8. The molecule has 0 bridgehead atoms. The van der Waals surface area contributed by atoms with Gasteiger partial charge in [0.2, 0.25) is 11.1 Å². The normalized spacial score (nSPS) is 13.3. The second-order valence-electron chi connectivity index (χ2n) is 9.14. The average Bonchev–Trinajstić information content (AvgIpc) is 3.24. The highest BCUT2D eigenvalue weighted by Crippen LogP contribution is 2.28. The second-order valence-corrected chi connectivity index (χ2v) is 10.2. The maximum absolute atomic E-state index is 12.8. The molecule has 180 valence electrons. The van der Waals surface area contributed by atoms with Crippen molar-refractivity contribution in [1.82, 2.24) is 24.6 Å². The van der Waals surface area contributed by atoms with Gasteiger partial charge in [-0.15, -0.1) is 10.2 Å². The fourth-order valence-corrected chi connectivity index (χ4v) is 5.65. The lowest BCUT2D eigenvalue weighted by Crippen LogP contribution is -2.35. The van der Waals surface area contributed by atoms with Crippen molar-refractivity contribution >= 4 is 39.7 Å². The van der Waals surface area contributed by atoms with Gasteiger partial charge < -0.3 is 9.47 Å². The molecule has 1 aliphatic rings. The van der Waals surface area contributed by atoms with Gasteiger partial charge in [0.25, 0.3) is 0 Å². The zero-order valence-corrected chi connectivity index (χ0v) is 20.8. The topological polar surface area (TPSA) is 63.9 Å². The highest BCUT2D eigenvalue weighted by Gasteiger charge is 2.20. The van der Waals surface area contributed by atoms with E-state index in [1.807, 2.05) is 29.2 Å². The molecule has 0 unspecified atom stereocenters. The number of hydrogen-bond donors (Lipinski definition) is 0. The van der Waals surface area contributed by atoms with Crippen molar-refractivity contribution in [3.05, 3.63) is 95.6 Å². The van der Waals surface area contributed by atoms with Crippen LogP contribution in [0, 0.1) is 0 Å². The molecule has 0 radical (unpaired) electrons. The van der Waals surface area contributed by atoms with E-state index in [2.05, 4.69) is 69.4 Å². The summed E-state index contributed by atoms with van der Waals surface area (Å²) in [5, 5.41) is 10.7. The Morgan fingerprint density at radius 1 is 0.889 bits per heavy atom. The molecule has 6 rings (SSSR count). The molecule has 0 saturated heterocycles. The van der Waals surface area contributed by atoms with Crippen LogP contribution in [0.3, 0.4) is 0 Å². The lowest BCUT2D eigenvalue weighted by atomic mass is 10.00. The lowest BCUT2D eigenvalue weighted by Gasteiger charge is -2.29. The van der Waals surface area contributed by atoms with Crippen molar-refractivity contribution in [3.63, 3.8) is 0 Å². The molecule has 0 atom stereocenters. The van der Waals surface area contributed by atoms with E-state index in [1.165, 1.54) is 16.7 Å². The predicted molar refractivity (Wildman–Crippen MR) is 144 cm³/mol. The number of aromatic nitrogens is 4. The molecule has 1 amide bonds. The van der Waals surface area contributed by atoms with Crippen LogP contribution in [0.5, 0.6) is 0 Å². The Morgan fingerprint density at radius 2 is 1.67 bits per heavy atom. The van der Waals surface area contributed by atoms with Gasteiger partial charge in [-0.25, -0.2) is 4.98 Å². The summed E-state index contributed by atoms with van der Waals surface area (Å²) in [4.78, 5) is 19.7. The molecule has 0 aliphatic carbocycles. The van der Waals surface area contributed by atoms with Crippen LogP contribution in [-0.4, -0.2) is 42.9 Å². The Hall–Kier alpha value is -3.71. The van der Waals surface area contributed by atoms with Gasteiger partial charge >= 0.3 is 0 Å². The molecule has 0 saturated carbocycles. The summed E-state index contributed by atoms with van der Waals surface area (Å²) in [6.07, 6.45) is 2.27. The predicted octanol–water partition coefficient (Wildman–Crippen LogP) is 5.49. The number of para-hydroxylation sites is 1. The van der Waals surface area contributed by atoms with Gasteiger partial charge in [0.05, 0.1) is 5.52 Å². The summed E-state index contributed by atoms with van der Waals surface area (Å²) in [5.41, 5.74) is 6.62. The number of thioether (sulfide) groups is 1. The van der Waals surface area contributed by atoms with Crippen LogP contribution in [0.25, 0.3) is 22.1 Å². The SMILES string of the molecule is O=C(CCCSc1nnc2c3ccccc3n(Cc3ccccc3)c2n1)N1CCc2ccccc2C1. The molecule has 0 N–H and O–H groups in total. The fraction of sp³-hybridized carbons (Fsp3) is 0.241. The first kappa shape index (κ1) is 22.7. The molecule has 1 aliphatic heterocycles. The Balaban J connectivity index is 1.13. The van der Waals surface area contributed by atoms with Crippen molar-refractivity contribution < 1.29 is 4.79 Å². The van der Waals surface area contributed by atoms with Crippen molar-refractivity contribution in [2.24, 2.45) is 0 Å². The summed E-state index contributed by atoms with van der Waals surface area (Å²) in [6, 6.07) is 27.1. The summed E-state index contributed by atoms with van der Waals surface area (Å²) in [6.45, 7) is 2.25. The Kier molecular flexibility index (Phi) is 6.38. The summed E-state index contributed by atoms with van der Waals surface area (Å²) in [7, 11) is 0. The molecule has 3 heterocycles. The van der Waals surface area contributed by atoms with Gasteiger partial charge in [-0.05, 0) is 35.6 Å². The third kappa shape index (κ3) is 4.58. The van der Waals surface area contributed by atoms with Crippen LogP contribution >= 0.6 is 11.8 Å². The third-order valence-electron chi connectivity index (χ3n) is 6.79. The van der Waals surface area contributed by atoms with E-state index in [4.69, 9.17) is 4.98 Å². The molecule has 36 heavy (non-hydrogen) atoms. The maximum Gasteiger partial charge on any atom is 0.222 e. The van der Waals surface area contributed by atoms with Crippen molar-refractivity contribution in [2.45, 2.75) is 37.5 Å². The third-order valence-corrected chi connectivity index (χ3v) is 7.71. The van der Waals surface area contributed by atoms with Gasteiger partial charge in [0.15, 0.2) is 5.65 Å². The Morgan fingerprint density at radius 3 is 2.56 bits per heavy atom. The molecule has 5 aromatic rings. The smallest absolute Gasteiger partial charge is 0.222 e. The zero-order chi connectivity index (χ0) is 24.3. The van der Waals surface area contributed by atoms with E-state index < -0.39 is 0 Å². The van der Waals surface area contributed by atoms with Crippen molar-refractivity contribution in [2.75, 3.05) is 12.3 Å². The van der Waals surface area contributed by atoms with Crippen LogP contribution < -0.4 is 0 Å². The molecule has 2 aromatic heterocycles. The highest BCUT2D eigenvalue weighted by molar-refractivity contribution is 7.99. The lowest BCUT2D eigenvalue weighted by molar-refractivity contribution is -0.132. The quantitative estimate of drug-likeness (QED) is 0.222. The van der Waals surface area contributed by atoms with Crippen molar-refractivity contribution in [1.29, 1.82) is 0 Å². The first-order chi connectivity index (χ1) is 17.8. The minimum Gasteiger partial charge on any atom is -0.338 e. The van der Waals surface area contributed by atoms with E-state index in [-0.39, 0.29) is 5.91 Å². The summed E-state index contributed by atoms with van der Waals surface area (Å²) in [5.74, 6) is 1.00. The van der Waals surface area contributed by atoms with Crippen LogP contribution in [-0.2, 0) is 24.3 Å². The van der Waals surface area contributed by atoms with Crippen LogP contribution in [0.4, 0.5) is 0 Å². The number of nitrogens with zero attached hydrogens (tertiary/aromatic N) is 5. The van der Waals surface area contributed by atoms with Gasteiger partial charge in [-0.1, -0.05) is 84.6 Å². The summed E-state index contributed by atoms with van der Waals surface area (Å²) >= 11 is 1.57. The number of rotatable bonds is 7. The van der Waals surface area contributed by atoms with E-state index >= 15 is 0 Å². The van der Waals surface area contributed by atoms with E-state index in [0.29, 0.717) is 11.6 Å².